The molecule has 1 fully saturated rings. The number of anilines is 1. The van der Waals surface area contributed by atoms with Crippen LogP contribution in [0.15, 0.2) is 52.3 Å². The molecule has 0 N–H and O–H groups in total. The number of benzene rings is 2. The Morgan fingerprint density at radius 3 is 2.76 bits per heavy atom. The predicted molar refractivity (Wildman–Crippen MR) is 125 cm³/mol. The van der Waals surface area contributed by atoms with E-state index in [4.69, 9.17) is 9.72 Å². The largest absolute Gasteiger partial charge is 0.376 e. The highest BCUT2D eigenvalue weighted by atomic mass is 32.2. The number of carbonyl (C=O) groups is 1. The predicted octanol–water partition coefficient (Wildman–Crippen LogP) is 5.63. The van der Waals surface area contributed by atoms with Crippen LogP contribution in [0.25, 0.3) is 10.2 Å². The van der Waals surface area contributed by atoms with Gasteiger partial charge in [-0.05, 0) is 56.4 Å². The van der Waals surface area contributed by atoms with Gasteiger partial charge in [0, 0.05) is 16.4 Å². The third-order valence-corrected chi connectivity index (χ3v) is 7.67. The third kappa shape index (κ3) is 5.15. The van der Waals surface area contributed by atoms with Crippen molar-refractivity contribution < 1.29 is 9.53 Å². The zero-order valence-corrected chi connectivity index (χ0v) is 19.0. The Kier molecular flexibility index (Phi) is 6.80. The molecule has 3 aromatic rings. The highest BCUT2D eigenvalue weighted by molar-refractivity contribution is 8.00. The van der Waals surface area contributed by atoms with E-state index in [1.807, 2.05) is 11.0 Å². The van der Waals surface area contributed by atoms with Crippen LogP contribution in [-0.4, -0.2) is 42.2 Å². The molecular formula is C22H24N2O2S3. The van der Waals surface area contributed by atoms with E-state index in [1.165, 1.54) is 10.5 Å². The molecule has 4 rings (SSSR count). The van der Waals surface area contributed by atoms with Gasteiger partial charge in [-0.15, -0.1) is 23.5 Å². The van der Waals surface area contributed by atoms with Gasteiger partial charge in [-0.1, -0.05) is 29.0 Å². The first-order valence-electron chi connectivity index (χ1n) is 9.68. The molecule has 0 aliphatic carbocycles. The fourth-order valence-corrected chi connectivity index (χ4v) is 5.59. The normalized spacial score (nSPS) is 16.4. The maximum absolute atomic E-state index is 13.2. The molecule has 0 radical (unpaired) electrons. The summed E-state index contributed by atoms with van der Waals surface area (Å²) in [5.41, 5.74) is 2.17. The summed E-state index contributed by atoms with van der Waals surface area (Å²) >= 11 is 4.87. The summed E-state index contributed by atoms with van der Waals surface area (Å²) in [6, 6.07) is 14.6. The summed E-state index contributed by atoms with van der Waals surface area (Å²) in [7, 11) is 0. The molecule has 4 nitrogen and oxygen atoms in total. The molecule has 1 aliphatic rings. The van der Waals surface area contributed by atoms with Crippen molar-refractivity contribution in [3.8, 4) is 0 Å². The van der Waals surface area contributed by atoms with Crippen LogP contribution in [0.5, 0.6) is 0 Å². The van der Waals surface area contributed by atoms with Crippen molar-refractivity contribution in [2.75, 3.05) is 30.1 Å². The van der Waals surface area contributed by atoms with E-state index < -0.39 is 0 Å². The maximum Gasteiger partial charge on any atom is 0.239 e. The Morgan fingerprint density at radius 2 is 2.03 bits per heavy atom. The topological polar surface area (TPSA) is 42.4 Å². The first-order chi connectivity index (χ1) is 14.1. The minimum atomic E-state index is 0.0789. The molecule has 7 heteroatoms. The number of thiazole rings is 1. The van der Waals surface area contributed by atoms with Crippen LogP contribution in [0, 0.1) is 6.92 Å². The minimum Gasteiger partial charge on any atom is -0.376 e. The smallest absolute Gasteiger partial charge is 0.239 e. The van der Waals surface area contributed by atoms with E-state index in [2.05, 4.69) is 49.6 Å². The second kappa shape index (κ2) is 9.51. The van der Waals surface area contributed by atoms with Crippen molar-refractivity contribution in [1.29, 1.82) is 0 Å². The van der Waals surface area contributed by atoms with E-state index in [0.29, 0.717) is 12.3 Å². The second-order valence-electron chi connectivity index (χ2n) is 7.07. The Balaban J connectivity index is 1.55. The third-order valence-electron chi connectivity index (χ3n) is 4.91. The van der Waals surface area contributed by atoms with Crippen molar-refractivity contribution in [2.45, 2.75) is 35.7 Å². The van der Waals surface area contributed by atoms with Crippen molar-refractivity contribution in [3.05, 3.63) is 48.0 Å². The molecule has 1 saturated heterocycles. The van der Waals surface area contributed by atoms with Crippen LogP contribution in [0.3, 0.4) is 0 Å². The molecular weight excluding hydrogens is 420 g/mol. The number of hydrogen-bond donors (Lipinski definition) is 0. The van der Waals surface area contributed by atoms with Crippen molar-refractivity contribution in [3.63, 3.8) is 0 Å². The molecule has 0 bridgehead atoms. The van der Waals surface area contributed by atoms with E-state index in [0.717, 1.165) is 39.7 Å². The number of rotatable bonds is 7. The summed E-state index contributed by atoms with van der Waals surface area (Å²) in [5, 5.41) is 0.767. The summed E-state index contributed by atoms with van der Waals surface area (Å²) in [4.78, 5) is 22.1. The lowest BCUT2D eigenvalue weighted by molar-refractivity contribution is -0.116. The number of thioether (sulfide) groups is 2. The van der Waals surface area contributed by atoms with E-state index in [-0.39, 0.29) is 12.0 Å². The number of amides is 1. The van der Waals surface area contributed by atoms with Crippen molar-refractivity contribution >= 4 is 56.1 Å². The number of ether oxygens (including phenoxy) is 1. The van der Waals surface area contributed by atoms with Gasteiger partial charge in [-0.3, -0.25) is 9.69 Å². The lowest BCUT2D eigenvalue weighted by atomic mass is 10.2. The van der Waals surface area contributed by atoms with Gasteiger partial charge in [0.05, 0.1) is 28.6 Å². The fraction of sp³-hybridized carbons (Fsp3) is 0.364. The number of fused-ring (bicyclic) bond motifs is 1. The summed E-state index contributed by atoms with van der Waals surface area (Å²) in [5.74, 6) is 0.470. The molecule has 1 unspecified atom stereocenters. The van der Waals surface area contributed by atoms with Gasteiger partial charge in [0.15, 0.2) is 5.13 Å². The van der Waals surface area contributed by atoms with Gasteiger partial charge in [0.1, 0.15) is 0 Å². The van der Waals surface area contributed by atoms with Crippen LogP contribution in [0.2, 0.25) is 0 Å². The molecule has 0 saturated carbocycles. The number of nitrogens with zero attached hydrogens (tertiary/aromatic N) is 2. The Labute approximate surface area is 184 Å². The van der Waals surface area contributed by atoms with Crippen LogP contribution >= 0.6 is 34.9 Å². The number of aryl methyl sites for hydroxylation is 1. The monoisotopic (exact) mass is 444 g/mol. The van der Waals surface area contributed by atoms with Crippen molar-refractivity contribution in [2.24, 2.45) is 0 Å². The van der Waals surface area contributed by atoms with Gasteiger partial charge in [0.2, 0.25) is 5.91 Å². The number of carbonyl (C=O) groups excluding carboxylic acids is 1. The fourth-order valence-electron chi connectivity index (χ4n) is 3.27. The quantitative estimate of drug-likeness (QED) is 0.442. The maximum atomic E-state index is 13.2. The van der Waals surface area contributed by atoms with Crippen LogP contribution in [-0.2, 0) is 9.53 Å². The molecule has 0 spiro atoms. The van der Waals surface area contributed by atoms with Crippen LogP contribution in [0.1, 0.15) is 18.4 Å². The zero-order valence-electron chi connectivity index (χ0n) is 16.6. The van der Waals surface area contributed by atoms with Gasteiger partial charge in [0.25, 0.3) is 0 Å². The number of hydrogen-bond acceptors (Lipinski definition) is 6. The second-order valence-corrected chi connectivity index (χ2v) is 10.0. The lowest BCUT2D eigenvalue weighted by Gasteiger charge is -2.23. The lowest BCUT2D eigenvalue weighted by Crippen LogP contribution is -2.38. The zero-order chi connectivity index (χ0) is 20.2. The van der Waals surface area contributed by atoms with E-state index in [1.54, 1.807) is 34.9 Å². The van der Waals surface area contributed by atoms with Gasteiger partial charge < -0.3 is 4.74 Å². The Morgan fingerprint density at radius 1 is 1.24 bits per heavy atom. The van der Waals surface area contributed by atoms with Crippen LogP contribution < -0.4 is 4.90 Å². The minimum absolute atomic E-state index is 0.0789. The highest BCUT2D eigenvalue weighted by Crippen LogP contribution is 2.33. The SMILES string of the molecule is CSc1ccc2nc(N(CC3CCCO3)C(=O)CSc3ccc(C)cc3)sc2c1. The Hall–Kier alpha value is -1.54. The average molecular weight is 445 g/mol. The summed E-state index contributed by atoms with van der Waals surface area (Å²) in [6.45, 7) is 3.42. The number of aromatic nitrogens is 1. The molecule has 2 heterocycles. The van der Waals surface area contributed by atoms with Gasteiger partial charge in [-0.2, -0.15) is 0 Å². The molecule has 1 atom stereocenters. The molecule has 1 aliphatic heterocycles. The van der Waals surface area contributed by atoms with Crippen molar-refractivity contribution in [1.82, 2.24) is 4.98 Å². The highest BCUT2D eigenvalue weighted by Gasteiger charge is 2.26. The summed E-state index contributed by atoms with van der Waals surface area (Å²) in [6.07, 6.45) is 4.22. The molecule has 29 heavy (non-hydrogen) atoms. The first kappa shape index (κ1) is 20.7. The van der Waals surface area contributed by atoms with Gasteiger partial charge in [-0.25, -0.2) is 4.98 Å². The first-order valence-corrected chi connectivity index (χ1v) is 12.7. The van der Waals surface area contributed by atoms with Gasteiger partial charge >= 0.3 is 0 Å². The molecule has 1 aromatic heterocycles. The van der Waals surface area contributed by atoms with E-state index >= 15 is 0 Å². The molecule has 152 valence electrons. The Bertz CT molecular complexity index is 981. The standard InChI is InChI=1S/C22H24N2O2S3/c1-15-5-7-17(8-6-15)28-14-21(25)24(13-16-4-3-11-26-16)22-23-19-10-9-18(27-2)12-20(19)29-22/h5-10,12,16H,3-4,11,13-14H2,1-2H3. The summed E-state index contributed by atoms with van der Waals surface area (Å²) < 4.78 is 6.93. The molecule has 2 aromatic carbocycles. The molecule has 1 amide bonds. The van der Waals surface area contributed by atoms with Crippen LogP contribution in [0.4, 0.5) is 5.13 Å². The van der Waals surface area contributed by atoms with E-state index in [9.17, 15) is 4.79 Å². The average Bonchev–Trinajstić information content (AvgIpc) is 3.40.